The first kappa shape index (κ1) is 17.7. The summed E-state index contributed by atoms with van der Waals surface area (Å²) in [5.74, 6) is 0. The van der Waals surface area contributed by atoms with E-state index >= 15 is 0 Å². The van der Waals surface area contributed by atoms with Crippen LogP contribution in [0.5, 0.6) is 0 Å². The number of para-hydroxylation sites is 1. The zero-order chi connectivity index (χ0) is 19.7. The molecule has 5 nitrogen and oxygen atoms in total. The van der Waals surface area contributed by atoms with Crippen LogP contribution in [0.2, 0.25) is 0 Å². The molecule has 2 aromatic carbocycles. The maximum Gasteiger partial charge on any atom is 0.279 e. The van der Waals surface area contributed by atoms with E-state index in [1.165, 1.54) is 4.68 Å². The summed E-state index contributed by atoms with van der Waals surface area (Å²) in [5, 5.41) is 4.21. The van der Waals surface area contributed by atoms with E-state index in [0.717, 1.165) is 22.8 Å². The zero-order valence-electron chi connectivity index (χ0n) is 16.0. The van der Waals surface area contributed by atoms with Crippen molar-refractivity contribution in [1.82, 2.24) is 14.3 Å². The van der Waals surface area contributed by atoms with Crippen LogP contribution in [-0.4, -0.2) is 28.4 Å². The Balaban J connectivity index is 1.80. The molecule has 0 bridgehead atoms. The summed E-state index contributed by atoms with van der Waals surface area (Å²) >= 11 is 0. The van der Waals surface area contributed by atoms with Crippen LogP contribution in [0.25, 0.3) is 24.0 Å². The molecule has 0 spiro atoms. The predicted octanol–water partition coefficient (Wildman–Crippen LogP) is 2.26. The Bertz CT molecular complexity index is 1260. The molecule has 0 unspecified atom stereocenters. The highest BCUT2D eigenvalue weighted by Gasteiger charge is 2.07. The molecular formula is C23H22N4O. The number of aromatic nitrogens is 3. The van der Waals surface area contributed by atoms with Gasteiger partial charge in [0.1, 0.15) is 0 Å². The van der Waals surface area contributed by atoms with E-state index < -0.39 is 0 Å². The Labute approximate surface area is 163 Å². The number of hydrogen-bond acceptors (Lipinski definition) is 2. The SMILES string of the molecule is C=c1[nH]n(-c2ccccc2)c(=O)/c1=C/c1cccn1-c1ccc(N(C)C)cc1. The first-order valence-electron chi connectivity index (χ1n) is 9.07. The van der Waals surface area contributed by atoms with Crippen LogP contribution in [0.4, 0.5) is 5.69 Å². The van der Waals surface area contributed by atoms with Crippen molar-refractivity contribution in [3.05, 3.63) is 99.5 Å². The molecular weight excluding hydrogens is 348 g/mol. The standard InChI is InChI=1S/C23H22N4O/c1-17-22(23(28)27(24-17)20-8-5-4-6-9-20)16-21-10-7-15-26(21)19-13-11-18(12-14-19)25(2)3/h4-16,24H,1H2,2-3H3/b22-16+. The van der Waals surface area contributed by atoms with Crippen LogP contribution in [0, 0.1) is 0 Å². The molecule has 2 heterocycles. The van der Waals surface area contributed by atoms with Gasteiger partial charge in [-0.1, -0.05) is 24.8 Å². The molecule has 2 aromatic heterocycles. The minimum atomic E-state index is -0.119. The van der Waals surface area contributed by atoms with Gasteiger partial charge in [-0.05, 0) is 54.6 Å². The largest absolute Gasteiger partial charge is 0.378 e. The normalized spacial score (nSPS) is 11.7. The molecule has 0 atom stereocenters. The lowest BCUT2D eigenvalue weighted by molar-refractivity contribution is 0.838. The smallest absolute Gasteiger partial charge is 0.279 e. The van der Waals surface area contributed by atoms with Gasteiger partial charge < -0.3 is 9.47 Å². The van der Waals surface area contributed by atoms with Crippen LogP contribution in [-0.2, 0) is 0 Å². The lowest BCUT2D eigenvalue weighted by atomic mass is 10.2. The highest BCUT2D eigenvalue weighted by atomic mass is 16.1. The van der Waals surface area contributed by atoms with Gasteiger partial charge in [-0.25, -0.2) is 4.68 Å². The fraction of sp³-hybridized carbons (Fsp3) is 0.0870. The summed E-state index contributed by atoms with van der Waals surface area (Å²) in [6.45, 7) is 4.02. The van der Waals surface area contributed by atoms with Crippen LogP contribution >= 0.6 is 0 Å². The van der Waals surface area contributed by atoms with E-state index in [1.807, 2.05) is 68.8 Å². The van der Waals surface area contributed by atoms with Crippen LogP contribution < -0.4 is 21.0 Å². The number of rotatable bonds is 4. The molecule has 5 heteroatoms. The summed E-state index contributed by atoms with van der Waals surface area (Å²) in [5.41, 5.74) is 3.75. The number of nitrogens with zero attached hydrogens (tertiary/aromatic N) is 3. The maximum atomic E-state index is 12.9. The van der Waals surface area contributed by atoms with Crippen molar-refractivity contribution in [2.75, 3.05) is 19.0 Å². The maximum absolute atomic E-state index is 12.9. The second kappa shape index (κ2) is 7.12. The van der Waals surface area contributed by atoms with Crippen molar-refractivity contribution in [1.29, 1.82) is 0 Å². The Morgan fingerprint density at radius 3 is 2.32 bits per heavy atom. The first-order chi connectivity index (χ1) is 13.5. The number of anilines is 1. The van der Waals surface area contributed by atoms with Gasteiger partial charge >= 0.3 is 0 Å². The van der Waals surface area contributed by atoms with Crippen molar-refractivity contribution in [2.24, 2.45) is 0 Å². The summed E-state index contributed by atoms with van der Waals surface area (Å²) in [7, 11) is 4.03. The molecule has 0 fully saturated rings. The molecule has 0 aliphatic heterocycles. The van der Waals surface area contributed by atoms with Gasteiger partial charge in [-0.2, -0.15) is 0 Å². The number of nitrogens with one attached hydrogen (secondary N) is 1. The van der Waals surface area contributed by atoms with Crippen LogP contribution in [0.15, 0.2) is 77.7 Å². The van der Waals surface area contributed by atoms with Gasteiger partial charge in [-0.3, -0.25) is 9.89 Å². The van der Waals surface area contributed by atoms with E-state index in [2.05, 4.69) is 45.4 Å². The third-order valence-electron chi connectivity index (χ3n) is 4.74. The number of benzene rings is 2. The summed E-state index contributed by atoms with van der Waals surface area (Å²) < 4.78 is 3.57. The highest BCUT2D eigenvalue weighted by Crippen LogP contribution is 2.17. The molecule has 0 saturated carbocycles. The van der Waals surface area contributed by atoms with Gasteiger partial charge in [0.2, 0.25) is 0 Å². The van der Waals surface area contributed by atoms with Crippen LogP contribution in [0.3, 0.4) is 0 Å². The Hall–Kier alpha value is -3.73. The molecule has 0 saturated heterocycles. The van der Waals surface area contributed by atoms with E-state index in [-0.39, 0.29) is 5.56 Å². The summed E-state index contributed by atoms with van der Waals surface area (Å²) in [6.07, 6.45) is 3.86. The van der Waals surface area contributed by atoms with Crippen molar-refractivity contribution in [2.45, 2.75) is 0 Å². The molecule has 28 heavy (non-hydrogen) atoms. The van der Waals surface area contributed by atoms with Gasteiger partial charge in [0.05, 0.1) is 16.3 Å². The summed E-state index contributed by atoms with van der Waals surface area (Å²) in [4.78, 5) is 15.0. The molecule has 4 aromatic rings. The third-order valence-corrected chi connectivity index (χ3v) is 4.74. The van der Waals surface area contributed by atoms with Crippen molar-refractivity contribution in [3.8, 4) is 11.4 Å². The average Bonchev–Trinajstić information content (AvgIpc) is 3.29. The highest BCUT2D eigenvalue weighted by molar-refractivity contribution is 5.54. The van der Waals surface area contributed by atoms with E-state index in [1.54, 1.807) is 0 Å². The number of H-pyrrole nitrogens is 1. The molecule has 0 aliphatic carbocycles. The van der Waals surface area contributed by atoms with Gasteiger partial charge in [0, 0.05) is 37.4 Å². The monoisotopic (exact) mass is 370 g/mol. The fourth-order valence-corrected chi connectivity index (χ4v) is 3.21. The third kappa shape index (κ3) is 3.18. The van der Waals surface area contributed by atoms with Gasteiger partial charge in [-0.15, -0.1) is 0 Å². The van der Waals surface area contributed by atoms with Crippen molar-refractivity contribution >= 4 is 18.3 Å². The minimum absolute atomic E-state index is 0.119. The van der Waals surface area contributed by atoms with Gasteiger partial charge in [0.15, 0.2) is 0 Å². The molecule has 140 valence electrons. The zero-order valence-corrected chi connectivity index (χ0v) is 16.0. The average molecular weight is 370 g/mol. The molecule has 0 amide bonds. The minimum Gasteiger partial charge on any atom is -0.378 e. The predicted molar refractivity (Wildman–Crippen MR) is 115 cm³/mol. The molecule has 0 radical (unpaired) electrons. The Kier molecular flexibility index (Phi) is 4.49. The quantitative estimate of drug-likeness (QED) is 0.599. The van der Waals surface area contributed by atoms with Crippen molar-refractivity contribution < 1.29 is 0 Å². The number of hydrogen-bond donors (Lipinski definition) is 1. The first-order valence-corrected chi connectivity index (χ1v) is 9.07. The lowest BCUT2D eigenvalue weighted by Crippen LogP contribution is -2.34. The van der Waals surface area contributed by atoms with Gasteiger partial charge in [0.25, 0.3) is 5.56 Å². The fourth-order valence-electron chi connectivity index (χ4n) is 3.21. The second-order valence-electron chi connectivity index (χ2n) is 6.84. The van der Waals surface area contributed by atoms with E-state index in [0.29, 0.717) is 10.6 Å². The number of aromatic amines is 1. The lowest BCUT2D eigenvalue weighted by Gasteiger charge is -2.13. The van der Waals surface area contributed by atoms with Crippen molar-refractivity contribution in [3.63, 3.8) is 0 Å². The summed E-state index contributed by atoms with van der Waals surface area (Å²) in [6, 6.07) is 21.7. The molecule has 4 rings (SSSR count). The Morgan fingerprint density at radius 1 is 0.929 bits per heavy atom. The van der Waals surface area contributed by atoms with E-state index in [4.69, 9.17) is 0 Å². The molecule has 1 N–H and O–H groups in total. The molecule has 0 aliphatic rings. The van der Waals surface area contributed by atoms with Crippen LogP contribution in [0.1, 0.15) is 5.69 Å². The second-order valence-corrected chi connectivity index (χ2v) is 6.84. The Morgan fingerprint density at radius 2 is 1.64 bits per heavy atom. The van der Waals surface area contributed by atoms with E-state index in [9.17, 15) is 4.79 Å². The topological polar surface area (TPSA) is 46.0 Å².